The monoisotopic (exact) mass is 208 g/mol. The summed E-state index contributed by atoms with van der Waals surface area (Å²) >= 11 is 1.13. The van der Waals surface area contributed by atoms with Crippen molar-refractivity contribution in [1.82, 2.24) is 4.98 Å². The second kappa shape index (κ2) is 4.39. The zero-order valence-electron chi connectivity index (χ0n) is 6.40. The number of carboxylic acid groups (broad SMARTS) is 1. The number of hydrogen-bond acceptors (Lipinski definition) is 4. The van der Waals surface area contributed by atoms with Gasteiger partial charge in [0.15, 0.2) is 0 Å². The lowest BCUT2D eigenvalue weighted by atomic mass is 10.4. The molecule has 0 aliphatic rings. The predicted octanol–water partition coefficient (Wildman–Crippen LogP) is 1.03. The Bertz CT molecular complexity index is 287. The number of aryl methyl sites for hydroxylation is 1. The van der Waals surface area contributed by atoms with Gasteiger partial charge in [-0.3, -0.25) is 0 Å². The molecule has 0 atom stereocenters. The van der Waals surface area contributed by atoms with Crippen LogP contribution in [-0.2, 0) is 6.54 Å². The van der Waals surface area contributed by atoms with E-state index in [9.17, 15) is 4.79 Å². The number of halogens is 1. The fourth-order valence-electron chi connectivity index (χ4n) is 0.738. The molecule has 0 aliphatic carbocycles. The van der Waals surface area contributed by atoms with E-state index in [0.29, 0.717) is 17.2 Å². The first-order chi connectivity index (χ1) is 5.15. The molecule has 0 radical (unpaired) electrons. The summed E-state index contributed by atoms with van der Waals surface area (Å²) in [4.78, 5) is 14.7. The molecule has 0 fully saturated rings. The minimum absolute atomic E-state index is 0. The lowest BCUT2D eigenvalue weighted by Gasteiger charge is -1.84. The van der Waals surface area contributed by atoms with E-state index < -0.39 is 5.97 Å². The summed E-state index contributed by atoms with van der Waals surface area (Å²) < 4.78 is 0. The third kappa shape index (κ3) is 2.17. The molecule has 1 rings (SSSR count). The van der Waals surface area contributed by atoms with Crippen LogP contribution in [0.25, 0.3) is 0 Å². The number of hydrogen-bond donors (Lipinski definition) is 2. The standard InChI is InChI=1S/C6H8N2O2S.ClH/c1-3-5(6(9)10)11-4(2-7)8-3;/h2,7H2,1H3,(H,9,10);1H. The maximum absolute atomic E-state index is 10.5. The topological polar surface area (TPSA) is 76.2 Å². The van der Waals surface area contributed by atoms with Gasteiger partial charge in [-0.05, 0) is 6.92 Å². The third-order valence-electron chi connectivity index (χ3n) is 1.21. The van der Waals surface area contributed by atoms with Crippen LogP contribution in [0, 0.1) is 6.92 Å². The van der Waals surface area contributed by atoms with E-state index in [4.69, 9.17) is 10.8 Å². The zero-order valence-corrected chi connectivity index (χ0v) is 8.04. The largest absolute Gasteiger partial charge is 0.477 e. The van der Waals surface area contributed by atoms with Crippen molar-refractivity contribution in [2.24, 2.45) is 5.73 Å². The molecule has 0 saturated heterocycles. The molecule has 0 aliphatic heterocycles. The van der Waals surface area contributed by atoms with Crippen molar-refractivity contribution in [2.75, 3.05) is 0 Å². The SMILES string of the molecule is Cc1nc(CN)sc1C(=O)O.Cl. The molecule has 1 aromatic heterocycles. The van der Waals surface area contributed by atoms with Crippen molar-refractivity contribution in [3.05, 3.63) is 15.6 Å². The molecule has 1 heterocycles. The van der Waals surface area contributed by atoms with Crippen molar-refractivity contribution in [3.8, 4) is 0 Å². The number of nitrogens with zero attached hydrogens (tertiary/aromatic N) is 1. The van der Waals surface area contributed by atoms with Crippen LogP contribution < -0.4 is 5.73 Å². The molecule has 6 heteroatoms. The average Bonchev–Trinajstić information content (AvgIpc) is 2.30. The van der Waals surface area contributed by atoms with Crippen LogP contribution in [0.4, 0.5) is 0 Å². The number of rotatable bonds is 2. The number of nitrogens with two attached hydrogens (primary N) is 1. The highest BCUT2D eigenvalue weighted by Crippen LogP contribution is 2.16. The molecule has 12 heavy (non-hydrogen) atoms. The van der Waals surface area contributed by atoms with E-state index in [-0.39, 0.29) is 17.3 Å². The molecule has 0 spiro atoms. The lowest BCUT2D eigenvalue weighted by molar-refractivity contribution is 0.0701. The quantitative estimate of drug-likeness (QED) is 0.761. The molecule has 1 aromatic rings. The molecule has 0 bridgehead atoms. The van der Waals surface area contributed by atoms with Crippen molar-refractivity contribution in [1.29, 1.82) is 0 Å². The highest BCUT2D eigenvalue weighted by molar-refractivity contribution is 7.13. The van der Waals surface area contributed by atoms with Gasteiger partial charge in [0.1, 0.15) is 9.88 Å². The second-order valence-corrected chi connectivity index (χ2v) is 3.12. The van der Waals surface area contributed by atoms with Crippen LogP contribution in [0.15, 0.2) is 0 Å². The Labute approximate surface area is 79.8 Å². The first kappa shape index (κ1) is 11.4. The highest BCUT2D eigenvalue weighted by Gasteiger charge is 2.12. The minimum atomic E-state index is -0.931. The summed E-state index contributed by atoms with van der Waals surface area (Å²) in [6, 6.07) is 0. The van der Waals surface area contributed by atoms with Crippen LogP contribution in [0.5, 0.6) is 0 Å². The van der Waals surface area contributed by atoms with Gasteiger partial charge in [0.25, 0.3) is 0 Å². The van der Waals surface area contributed by atoms with Crippen LogP contribution in [0.3, 0.4) is 0 Å². The van der Waals surface area contributed by atoms with Gasteiger partial charge in [0.2, 0.25) is 0 Å². The summed E-state index contributed by atoms with van der Waals surface area (Å²) in [5, 5.41) is 9.27. The van der Waals surface area contributed by atoms with Gasteiger partial charge in [0, 0.05) is 6.54 Å². The molecule has 0 aromatic carbocycles. The normalized spacial score (nSPS) is 9.17. The van der Waals surface area contributed by atoms with E-state index in [1.54, 1.807) is 6.92 Å². The van der Waals surface area contributed by atoms with Crippen molar-refractivity contribution < 1.29 is 9.90 Å². The lowest BCUT2D eigenvalue weighted by Crippen LogP contribution is -1.94. The van der Waals surface area contributed by atoms with Crippen LogP contribution in [-0.4, -0.2) is 16.1 Å². The summed E-state index contributed by atoms with van der Waals surface area (Å²) in [7, 11) is 0. The van der Waals surface area contributed by atoms with Crippen LogP contribution in [0.2, 0.25) is 0 Å². The Kier molecular flexibility index (Phi) is 4.16. The smallest absolute Gasteiger partial charge is 0.347 e. The Balaban J connectivity index is 0.00000121. The molecule has 68 valence electrons. The number of carboxylic acids is 1. The zero-order chi connectivity index (χ0) is 8.43. The van der Waals surface area contributed by atoms with E-state index >= 15 is 0 Å². The highest BCUT2D eigenvalue weighted by atomic mass is 35.5. The van der Waals surface area contributed by atoms with Crippen molar-refractivity contribution in [3.63, 3.8) is 0 Å². The Morgan fingerprint density at radius 1 is 1.75 bits per heavy atom. The summed E-state index contributed by atoms with van der Waals surface area (Å²) in [6.07, 6.45) is 0. The van der Waals surface area contributed by atoms with Gasteiger partial charge in [0.05, 0.1) is 5.69 Å². The fraction of sp³-hybridized carbons (Fsp3) is 0.333. The van der Waals surface area contributed by atoms with Gasteiger partial charge in [-0.2, -0.15) is 0 Å². The number of aromatic carboxylic acids is 1. The molecular formula is C6H9ClN2O2S. The average molecular weight is 209 g/mol. The molecule has 4 nitrogen and oxygen atoms in total. The number of carbonyl (C=O) groups is 1. The van der Waals surface area contributed by atoms with Gasteiger partial charge in [-0.25, -0.2) is 9.78 Å². The maximum Gasteiger partial charge on any atom is 0.347 e. The van der Waals surface area contributed by atoms with Gasteiger partial charge in [-0.15, -0.1) is 23.7 Å². The summed E-state index contributed by atoms with van der Waals surface area (Å²) in [6.45, 7) is 1.97. The van der Waals surface area contributed by atoms with Gasteiger partial charge in [-0.1, -0.05) is 0 Å². The number of aromatic nitrogens is 1. The molecular weight excluding hydrogens is 200 g/mol. The second-order valence-electron chi connectivity index (χ2n) is 2.03. The predicted molar refractivity (Wildman–Crippen MR) is 48.9 cm³/mol. The first-order valence-corrected chi connectivity index (χ1v) is 3.86. The maximum atomic E-state index is 10.5. The first-order valence-electron chi connectivity index (χ1n) is 3.04. The van der Waals surface area contributed by atoms with Gasteiger partial charge < -0.3 is 10.8 Å². The van der Waals surface area contributed by atoms with Crippen molar-refractivity contribution >= 4 is 29.7 Å². The molecule has 0 unspecified atom stereocenters. The van der Waals surface area contributed by atoms with Crippen LogP contribution >= 0.6 is 23.7 Å². The van der Waals surface area contributed by atoms with E-state index in [1.165, 1.54) is 0 Å². The van der Waals surface area contributed by atoms with Crippen molar-refractivity contribution in [2.45, 2.75) is 13.5 Å². The third-order valence-corrected chi connectivity index (χ3v) is 2.38. The Hall–Kier alpha value is -0.650. The summed E-state index contributed by atoms with van der Waals surface area (Å²) in [5.41, 5.74) is 5.83. The Morgan fingerprint density at radius 2 is 2.33 bits per heavy atom. The summed E-state index contributed by atoms with van der Waals surface area (Å²) in [5.74, 6) is -0.931. The van der Waals surface area contributed by atoms with E-state index in [1.807, 2.05) is 0 Å². The Morgan fingerprint density at radius 3 is 2.58 bits per heavy atom. The molecule has 3 N–H and O–H groups in total. The minimum Gasteiger partial charge on any atom is -0.477 e. The fourth-order valence-corrected chi connectivity index (χ4v) is 1.52. The van der Waals surface area contributed by atoms with Gasteiger partial charge >= 0.3 is 5.97 Å². The van der Waals surface area contributed by atoms with E-state index in [2.05, 4.69) is 4.98 Å². The van der Waals surface area contributed by atoms with Crippen LogP contribution in [0.1, 0.15) is 20.4 Å². The molecule has 0 saturated carbocycles. The number of thiazole rings is 1. The van der Waals surface area contributed by atoms with E-state index in [0.717, 1.165) is 11.3 Å². The molecule has 0 amide bonds.